The second-order valence-electron chi connectivity index (χ2n) is 5.44. The third-order valence-corrected chi connectivity index (χ3v) is 5.21. The van der Waals surface area contributed by atoms with Crippen molar-refractivity contribution >= 4 is 41.2 Å². The number of hydrogen-bond donors (Lipinski definition) is 1. The number of allylic oxidation sites excluding steroid dienone is 1. The summed E-state index contributed by atoms with van der Waals surface area (Å²) in [5.74, 6) is -4.16. The van der Waals surface area contributed by atoms with Gasteiger partial charge in [0, 0.05) is 10.9 Å². The Labute approximate surface area is 165 Å². The summed E-state index contributed by atoms with van der Waals surface area (Å²) in [6.07, 6.45) is 0. The summed E-state index contributed by atoms with van der Waals surface area (Å²) in [5.41, 5.74) is 0.592. The van der Waals surface area contributed by atoms with E-state index in [1.54, 1.807) is 31.2 Å². The Balaban J connectivity index is 2.57. The van der Waals surface area contributed by atoms with Crippen molar-refractivity contribution in [2.75, 3.05) is 19.5 Å². The van der Waals surface area contributed by atoms with E-state index in [0.29, 0.717) is 10.6 Å². The van der Waals surface area contributed by atoms with Crippen molar-refractivity contribution in [1.29, 1.82) is 5.26 Å². The molecule has 1 aromatic rings. The van der Waals surface area contributed by atoms with Crippen LogP contribution in [0, 0.1) is 17.2 Å². The third-order valence-electron chi connectivity index (χ3n) is 3.87. The molecule has 0 saturated heterocycles. The number of amides is 1. The van der Waals surface area contributed by atoms with Crippen LogP contribution in [0.5, 0.6) is 0 Å². The van der Waals surface area contributed by atoms with Gasteiger partial charge < -0.3 is 14.8 Å². The van der Waals surface area contributed by atoms with E-state index in [2.05, 4.69) is 10.1 Å². The first-order valence-corrected chi connectivity index (χ1v) is 9.36. The van der Waals surface area contributed by atoms with Gasteiger partial charge >= 0.3 is 11.9 Å². The highest BCUT2D eigenvalue weighted by molar-refractivity contribution is 8.03. The summed E-state index contributed by atoms with van der Waals surface area (Å²) >= 11 is 7.23. The molecule has 1 aliphatic rings. The Morgan fingerprint density at radius 2 is 2.07 bits per heavy atom. The highest BCUT2D eigenvalue weighted by Crippen LogP contribution is 2.42. The number of rotatable bonds is 6. The molecule has 0 bridgehead atoms. The Kier molecular flexibility index (Phi) is 7.28. The summed E-state index contributed by atoms with van der Waals surface area (Å²) in [5, 5.41) is 12.8. The van der Waals surface area contributed by atoms with Gasteiger partial charge in [0.05, 0.1) is 36.1 Å². The van der Waals surface area contributed by atoms with E-state index in [1.165, 1.54) is 7.11 Å². The number of benzene rings is 1. The molecule has 2 unspecified atom stereocenters. The van der Waals surface area contributed by atoms with Crippen LogP contribution in [-0.4, -0.2) is 37.3 Å². The fourth-order valence-corrected chi connectivity index (χ4v) is 3.81. The van der Waals surface area contributed by atoms with Gasteiger partial charge in [-0.1, -0.05) is 41.6 Å². The van der Waals surface area contributed by atoms with Crippen LogP contribution in [0.15, 0.2) is 34.9 Å². The molecule has 0 aromatic heterocycles. The number of ether oxygens (including phenoxy) is 2. The van der Waals surface area contributed by atoms with E-state index in [9.17, 15) is 19.6 Å². The predicted octanol–water partition coefficient (Wildman–Crippen LogP) is 2.37. The maximum Gasteiger partial charge on any atom is 0.319 e. The van der Waals surface area contributed by atoms with Crippen LogP contribution in [0.25, 0.3) is 0 Å². The fraction of sp³-hybridized carbons (Fsp3) is 0.333. The van der Waals surface area contributed by atoms with Crippen LogP contribution in [0.1, 0.15) is 18.4 Å². The van der Waals surface area contributed by atoms with E-state index < -0.39 is 29.7 Å². The molecule has 2 atom stereocenters. The maximum atomic E-state index is 12.7. The molecule has 0 saturated carbocycles. The number of carbonyl (C=O) groups excluding carboxylic acids is 3. The highest BCUT2D eigenvalue weighted by Gasteiger charge is 2.45. The lowest BCUT2D eigenvalue weighted by atomic mass is 9.78. The normalized spacial score (nSPS) is 19.1. The van der Waals surface area contributed by atoms with E-state index in [4.69, 9.17) is 16.3 Å². The fourth-order valence-electron chi connectivity index (χ4n) is 2.68. The van der Waals surface area contributed by atoms with Crippen LogP contribution in [-0.2, 0) is 23.9 Å². The molecule has 0 fully saturated rings. The van der Waals surface area contributed by atoms with Crippen molar-refractivity contribution in [2.45, 2.75) is 12.8 Å². The molecule has 0 aliphatic carbocycles. The van der Waals surface area contributed by atoms with Crippen molar-refractivity contribution in [3.05, 3.63) is 45.5 Å². The van der Waals surface area contributed by atoms with Crippen LogP contribution >= 0.6 is 23.4 Å². The van der Waals surface area contributed by atoms with Crippen molar-refractivity contribution in [3.8, 4) is 6.07 Å². The number of carbonyl (C=O) groups is 3. The summed E-state index contributed by atoms with van der Waals surface area (Å²) in [4.78, 5) is 36.5. The first kappa shape index (κ1) is 20.8. The van der Waals surface area contributed by atoms with Gasteiger partial charge in [-0.2, -0.15) is 5.26 Å². The molecule has 7 nitrogen and oxygen atoms in total. The van der Waals surface area contributed by atoms with E-state index >= 15 is 0 Å². The zero-order valence-corrected chi connectivity index (χ0v) is 16.2. The Morgan fingerprint density at radius 1 is 1.37 bits per heavy atom. The molecule has 0 spiro atoms. The lowest BCUT2D eigenvalue weighted by molar-refractivity contribution is -0.153. The van der Waals surface area contributed by atoms with Gasteiger partial charge in [-0.15, -0.1) is 0 Å². The van der Waals surface area contributed by atoms with Gasteiger partial charge in [-0.25, -0.2) is 0 Å². The topological polar surface area (TPSA) is 105 Å². The van der Waals surface area contributed by atoms with Crippen LogP contribution in [0.2, 0.25) is 5.02 Å². The Hall–Kier alpha value is -2.50. The van der Waals surface area contributed by atoms with Crippen molar-refractivity contribution in [3.63, 3.8) is 0 Å². The SMILES string of the molecule is CCOC(=O)C1C(=O)NC(SCC(=O)OC)=C(C#N)C1c1ccccc1Cl. The second kappa shape index (κ2) is 9.44. The summed E-state index contributed by atoms with van der Waals surface area (Å²) < 4.78 is 9.62. The van der Waals surface area contributed by atoms with Gasteiger partial charge in [0.25, 0.3) is 0 Å². The molecular formula is C18H17ClN2O5S. The van der Waals surface area contributed by atoms with E-state index in [0.717, 1.165) is 11.8 Å². The lowest BCUT2D eigenvalue weighted by Gasteiger charge is -2.31. The minimum atomic E-state index is -1.26. The molecule has 9 heteroatoms. The maximum absolute atomic E-state index is 12.7. The van der Waals surface area contributed by atoms with Crippen LogP contribution in [0.3, 0.4) is 0 Å². The average Bonchev–Trinajstić information content (AvgIpc) is 2.65. The highest BCUT2D eigenvalue weighted by atomic mass is 35.5. The quantitative estimate of drug-likeness (QED) is 0.569. The standard InChI is InChI=1S/C18H17ClN2O5S/c1-3-26-18(24)15-14(10-6-4-5-7-12(10)19)11(8-20)17(21-16(15)23)27-9-13(22)25-2/h4-7,14-15H,3,9H2,1-2H3,(H,21,23). The van der Waals surface area contributed by atoms with Crippen LogP contribution < -0.4 is 5.32 Å². The predicted molar refractivity (Wildman–Crippen MR) is 99.6 cm³/mol. The molecule has 2 rings (SSSR count). The molecule has 1 amide bonds. The van der Waals surface area contributed by atoms with Gasteiger partial charge in [0.1, 0.15) is 5.92 Å². The van der Waals surface area contributed by atoms with Gasteiger partial charge in [-0.3, -0.25) is 14.4 Å². The molecule has 1 heterocycles. The molecule has 27 heavy (non-hydrogen) atoms. The van der Waals surface area contributed by atoms with Gasteiger partial charge in [0.15, 0.2) is 0 Å². The number of hydrogen-bond acceptors (Lipinski definition) is 7. The average molecular weight is 409 g/mol. The van der Waals surface area contributed by atoms with Crippen LogP contribution in [0.4, 0.5) is 0 Å². The second-order valence-corrected chi connectivity index (χ2v) is 6.83. The minimum absolute atomic E-state index is 0.0907. The number of nitrogens with zero attached hydrogens (tertiary/aromatic N) is 1. The third kappa shape index (κ3) is 4.62. The Bertz CT molecular complexity index is 833. The van der Waals surface area contributed by atoms with Crippen molar-refractivity contribution < 1.29 is 23.9 Å². The molecule has 0 radical (unpaired) electrons. The number of nitrogens with one attached hydrogen (secondary N) is 1. The molecule has 1 aromatic carbocycles. The molecule has 1 N–H and O–H groups in total. The minimum Gasteiger partial charge on any atom is -0.468 e. The largest absolute Gasteiger partial charge is 0.468 e. The number of methoxy groups -OCH3 is 1. The number of halogens is 1. The lowest BCUT2D eigenvalue weighted by Crippen LogP contribution is -2.44. The monoisotopic (exact) mass is 408 g/mol. The number of nitriles is 1. The van der Waals surface area contributed by atoms with E-state index in [-0.39, 0.29) is 23.0 Å². The molecule has 1 aliphatic heterocycles. The van der Waals surface area contributed by atoms with Gasteiger partial charge in [0.2, 0.25) is 5.91 Å². The molecular weight excluding hydrogens is 392 g/mol. The summed E-state index contributed by atoms with van der Waals surface area (Å²) in [6.45, 7) is 1.72. The Morgan fingerprint density at radius 3 is 2.67 bits per heavy atom. The van der Waals surface area contributed by atoms with E-state index in [1.807, 2.05) is 6.07 Å². The van der Waals surface area contributed by atoms with Gasteiger partial charge in [-0.05, 0) is 18.6 Å². The number of thioether (sulfide) groups is 1. The zero-order valence-electron chi connectivity index (χ0n) is 14.7. The van der Waals surface area contributed by atoms with Crippen molar-refractivity contribution in [1.82, 2.24) is 5.32 Å². The number of esters is 2. The van der Waals surface area contributed by atoms with Crippen molar-refractivity contribution in [2.24, 2.45) is 5.92 Å². The first-order chi connectivity index (χ1) is 12.9. The molecule has 142 valence electrons. The summed E-state index contributed by atoms with van der Waals surface area (Å²) in [7, 11) is 1.24. The summed E-state index contributed by atoms with van der Waals surface area (Å²) in [6, 6.07) is 8.71. The zero-order chi connectivity index (χ0) is 20.0. The first-order valence-electron chi connectivity index (χ1n) is 8.00. The smallest absolute Gasteiger partial charge is 0.319 e.